The van der Waals surface area contributed by atoms with E-state index >= 15 is 0 Å². The summed E-state index contributed by atoms with van der Waals surface area (Å²) in [6.07, 6.45) is 0. The van der Waals surface area contributed by atoms with Crippen LogP contribution in [0.4, 0.5) is 11.4 Å². The molecule has 0 spiro atoms. The highest BCUT2D eigenvalue weighted by atomic mass is 16.6. The van der Waals surface area contributed by atoms with Gasteiger partial charge in [-0.25, -0.2) is 0 Å². The van der Waals surface area contributed by atoms with Crippen LogP contribution < -0.4 is 4.90 Å². The highest BCUT2D eigenvalue weighted by Crippen LogP contribution is 2.17. The van der Waals surface area contributed by atoms with E-state index in [1.165, 1.54) is 6.07 Å². The van der Waals surface area contributed by atoms with Crippen LogP contribution in [0.2, 0.25) is 0 Å². The van der Waals surface area contributed by atoms with Gasteiger partial charge in [-0.3, -0.25) is 10.1 Å². The van der Waals surface area contributed by atoms with Crippen molar-refractivity contribution in [1.82, 2.24) is 0 Å². The number of hydrogen-bond donors (Lipinski definition) is 0. The predicted molar refractivity (Wildman–Crippen MR) is 46.3 cm³/mol. The highest BCUT2D eigenvalue weighted by molar-refractivity contribution is 5.51. The number of non-ortho nitro benzene ring substituents is 1. The van der Waals surface area contributed by atoms with Crippen molar-refractivity contribution in [2.24, 2.45) is 0 Å². The Balaban J connectivity index is 3.04. The lowest BCUT2D eigenvalue weighted by atomic mass is 10.3. The molecule has 1 rings (SSSR count). The lowest BCUT2D eigenvalue weighted by molar-refractivity contribution is -0.385. The first-order valence-corrected chi connectivity index (χ1v) is 3.44. The number of nitrogens with zero attached hydrogens (tertiary/aromatic N) is 2. The van der Waals surface area contributed by atoms with Crippen LogP contribution in [-0.2, 0) is 0 Å². The lowest BCUT2D eigenvalue weighted by Gasteiger charge is -2.10. The van der Waals surface area contributed by atoms with Crippen LogP contribution in [0.5, 0.6) is 0 Å². The maximum absolute atomic E-state index is 10.3. The van der Waals surface area contributed by atoms with Crippen molar-refractivity contribution in [3.8, 4) is 0 Å². The number of nitro groups is 1. The average molecular weight is 165 g/mol. The molecule has 0 aliphatic heterocycles. The van der Waals surface area contributed by atoms with Crippen LogP contribution in [-0.4, -0.2) is 19.0 Å². The summed E-state index contributed by atoms with van der Waals surface area (Å²) in [5, 5.41) is 10.3. The largest absolute Gasteiger partial charge is 0.377 e. The molecule has 0 fully saturated rings. The summed E-state index contributed by atoms with van der Waals surface area (Å²) >= 11 is 0. The third kappa shape index (κ3) is 1.72. The fourth-order valence-corrected chi connectivity index (χ4v) is 0.826. The van der Waals surface area contributed by atoms with Crippen LogP contribution in [0.3, 0.4) is 0 Å². The molecule has 0 aliphatic carbocycles. The van der Waals surface area contributed by atoms with Crippen molar-refractivity contribution in [2.75, 3.05) is 19.0 Å². The number of nitro benzene ring substituents is 1. The van der Waals surface area contributed by atoms with E-state index in [-0.39, 0.29) is 5.69 Å². The molecule has 0 aromatic heterocycles. The van der Waals surface area contributed by atoms with Crippen LogP contribution >= 0.6 is 0 Å². The first-order chi connectivity index (χ1) is 5.61. The van der Waals surface area contributed by atoms with E-state index in [2.05, 4.69) is 6.07 Å². The number of hydrogen-bond acceptors (Lipinski definition) is 3. The molecular weight excluding hydrogens is 156 g/mol. The van der Waals surface area contributed by atoms with Crippen molar-refractivity contribution < 1.29 is 4.92 Å². The third-order valence-corrected chi connectivity index (χ3v) is 1.48. The summed E-state index contributed by atoms with van der Waals surface area (Å²) in [6.45, 7) is 0. The molecule has 0 saturated heterocycles. The molecular formula is C8H9N2O2. The molecule has 0 atom stereocenters. The van der Waals surface area contributed by atoms with Crippen molar-refractivity contribution >= 4 is 11.4 Å². The Kier molecular flexibility index (Phi) is 2.28. The Morgan fingerprint density at radius 2 is 2.25 bits per heavy atom. The molecule has 0 unspecified atom stereocenters. The standard InChI is InChI=1S/C8H9N2O2/c1-9(2)7-4-3-5-8(6-7)10(11)12/h3-4,6H,1-2H3. The van der Waals surface area contributed by atoms with Gasteiger partial charge in [0.05, 0.1) is 11.0 Å². The fourth-order valence-electron chi connectivity index (χ4n) is 0.826. The Hall–Kier alpha value is -1.58. The Bertz CT molecular complexity index is 297. The van der Waals surface area contributed by atoms with E-state index in [9.17, 15) is 10.1 Å². The highest BCUT2D eigenvalue weighted by Gasteiger charge is 2.06. The van der Waals surface area contributed by atoms with Gasteiger partial charge in [0.15, 0.2) is 0 Å². The van der Waals surface area contributed by atoms with E-state index in [0.717, 1.165) is 5.69 Å². The molecule has 4 nitrogen and oxygen atoms in total. The minimum atomic E-state index is -0.451. The molecule has 1 radical (unpaired) electrons. The van der Waals surface area contributed by atoms with E-state index < -0.39 is 4.92 Å². The maximum atomic E-state index is 10.3. The van der Waals surface area contributed by atoms with Crippen molar-refractivity contribution in [1.29, 1.82) is 0 Å². The Labute approximate surface area is 70.6 Å². The van der Waals surface area contributed by atoms with Gasteiger partial charge in [-0.2, -0.15) is 0 Å². The minimum absolute atomic E-state index is 0.00111. The van der Waals surface area contributed by atoms with E-state index in [1.807, 2.05) is 14.1 Å². The SMILES string of the molecule is CN(C)c1cc[c]c([N+](=O)[O-])c1. The Morgan fingerprint density at radius 1 is 1.58 bits per heavy atom. The zero-order valence-electron chi connectivity index (χ0n) is 6.94. The minimum Gasteiger partial charge on any atom is -0.377 e. The van der Waals surface area contributed by atoms with E-state index in [0.29, 0.717) is 0 Å². The number of benzene rings is 1. The molecule has 4 heteroatoms. The van der Waals surface area contributed by atoms with Gasteiger partial charge in [-0.1, -0.05) is 0 Å². The quantitative estimate of drug-likeness (QED) is 0.492. The van der Waals surface area contributed by atoms with Crippen molar-refractivity contribution in [3.63, 3.8) is 0 Å². The van der Waals surface area contributed by atoms with Gasteiger partial charge in [-0.15, -0.1) is 0 Å². The van der Waals surface area contributed by atoms with Crippen LogP contribution in [0.25, 0.3) is 0 Å². The molecule has 0 N–H and O–H groups in total. The Morgan fingerprint density at radius 3 is 2.75 bits per heavy atom. The van der Waals surface area contributed by atoms with Crippen LogP contribution in [0, 0.1) is 16.2 Å². The fraction of sp³-hybridized carbons (Fsp3) is 0.250. The van der Waals surface area contributed by atoms with Gasteiger partial charge in [0, 0.05) is 25.8 Å². The molecule has 0 aliphatic rings. The summed E-state index contributed by atoms with van der Waals surface area (Å²) < 4.78 is 0. The molecule has 0 bridgehead atoms. The molecule has 0 heterocycles. The summed E-state index contributed by atoms with van der Waals surface area (Å²) in [5.74, 6) is 0. The summed E-state index contributed by atoms with van der Waals surface area (Å²) in [4.78, 5) is 11.7. The topological polar surface area (TPSA) is 46.4 Å². The molecule has 0 amide bonds. The van der Waals surface area contributed by atoms with Gasteiger partial charge in [0.1, 0.15) is 0 Å². The monoisotopic (exact) mass is 165 g/mol. The summed E-state index contributed by atoms with van der Waals surface area (Å²) in [7, 11) is 3.66. The van der Waals surface area contributed by atoms with E-state index in [4.69, 9.17) is 0 Å². The third-order valence-electron chi connectivity index (χ3n) is 1.48. The van der Waals surface area contributed by atoms with Crippen molar-refractivity contribution in [2.45, 2.75) is 0 Å². The first-order valence-electron chi connectivity index (χ1n) is 3.44. The first kappa shape index (κ1) is 8.52. The second-order valence-electron chi connectivity index (χ2n) is 2.58. The second-order valence-corrected chi connectivity index (χ2v) is 2.58. The molecule has 63 valence electrons. The maximum Gasteiger partial charge on any atom is 0.279 e. The van der Waals surface area contributed by atoms with Gasteiger partial charge >= 0.3 is 0 Å². The molecule has 1 aromatic carbocycles. The number of anilines is 1. The zero-order valence-corrected chi connectivity index (χ0v) is 6.94. The number of rotatable bonds is 2. The van der Waals surface area contributed by atoms with Gasteiger partial charge in [-0.05, 0) is 12.1 Å². The van der Waals surface area contributed by atoms with Gasteiger partial charge in [0.2, 0.25) is 0 Å². The molecule has 0 saturated carbocycles. The van der Waals surface area contributed by atoms with E-state index in [1.54, 1.807) is 17.0 Å². The normalized spacial score (nSPS) is 9.50. The van der Waals surface area contributed by atoms with Gasteiger partial charge in [0.25, 0.3) is 5.69 Å². The zero-order chi connectivity index (χ0) is 9.14. The summed E-state index contributed by atoms with van der Waals surface area (Å²) in [5.41, 5.74) is 0.807. The molecule has 1 aromatic rings. The predicted octanol–water partition coefficient (Wildman–Crippen LogP) is 1.46. The smallest absolute Gasteiger partial charge is 0.279 e. The molecule has 12 heavy (non-hydrogen) atoms. The summed E-state index contributed by atoms with van der Waals surface area (Å²) in [6, 6.07) is 7.34. The van der Waals surface area contributed by atoms with Crippen LogP contribution in [0.15, 0.2) is 18.2 Å². The average Bonchev–Trinajstić information content (AvgIpc) is 2.04. The van der Waals surface area contributed by atoms with Crippen molar-refractivity contribution in [3.05, 3.63) is 34.4 Å². The second kappa shape index (κ2) is 3.21. The lowest BCUT2D eigenvalue weighted by Crippen LogP contribution is -2.08. The van der Waals surface area contributed by atoms with Crippen LogP contribution in [0.1, 0.15) is 0 Å². The van der Waals surface area contributed by atoms with Gasteiger partial charge < -0.3 is 4.90 Å².